The summed E-state index contributed by atoms with van der Waals surface area (Å²) in [6.45, 7) is 2.35. The standard InChI is InChI=1S/C29H31N3O4/c1-31-14-12-21(13-15-31)32(19-22-7-6-16-36-22)29(33)24-18-26(30-25-9-5-4-8-23(24)25)20-10-11-27(34-2)28(17-20)35-3/h4-11,16-18,21H,12-15,19H2,1-3H3. The molecule has 1 amide bonds. The van der Waals surface area contributed by atoms with Gasteiger partial charge in [-0.15, -0.1) is 0 Å². The number of hydrogen-bond acceptors (Lipinski definition) is 6. The molecule has 1 fully saturated rings. The Hall–Kier alpha value is -3.84. The molecule has 0 unspecified atom stereocenters. The van der Waals surface area contributed by atoms with Gasteiger partial charge in [0.05, 0.1) is 43.8 Å². The predicted octanol–water partition coefficient (Wildman–Crippen LogP) is 5.25. The van der Waals surface area contributed by atoms with E-state index in [1.54, 1.807) is 20.5 Å². The van der Waals surface area contributed by atoms with Gasteiger partial charge in [-0.2, -0.15) is 0 Å². The highest BCUT2D eigenvalue weighted by Crippen LogP contribution is 2.34. The lowest BCUT2D eigenvalue weighted by Gasteiger charge is -2.37. The highest BCUT2D eigenvalue weighted by Gasteiger charge is 2.30. The molecule has 2 aromatic carbocycles. The number of fused-ring (bicyclic) bond motifs is 1. The Morgan fingerprint density at radius 3 is 2.53 bits per heavy atom. The molecular formula is C29H31N3O4. The molecule has 4 aromatic rings. The predicted molar refractivity (Wildman–Crippen MR) is 139 cm³/mol. The lowest BCUT2D eigenvalue weighted by atomic mass is 9.99. The van der Waals surface area contributed by atoms with Crippen molar-refractivity contribution in [1.29, 1.82) is 0 Å². The van der Waals surface area contributed by atoms with E-state index >= 15 is 0 Å². The van der Waals surface area contributed by atoms with E-state index in [2.05, 4.69) is 11.9 Å². The third kappa shape index (κ3) is 4.79. The summed E-state index contributed by atoms with van der Waals surface area (Å²) in [5.74, 6) is 2.02. The second kappa shape index (κ2) is 10.4. The van der Waals surface area contributed by atoms with Crippen LogP contribution in [0.5, 0.6) is 11.5 Å². The van der Waals surface area contributed by atoms with Crippen molar-refractivity contribution in [2.24, 2.45) is 0 Å². The number of rotatable bonds is 7. The van der Waals surface area contributed by atoms with Crippen LogP contribution in [0.2, 0.25) is 0 Å². The number of hydrogen-bond donors (Lipinski definition) is 0. The summed E-state index contributed by atoms with van der Waals surface area (Å²) in [6, 6.07) is 19.3. The SMILES string of the molecule is COc1ccc(-c2cc(C(=O)N(Cc3ccco3)C3CCN(C)CC3)c3ccccc3n2)cc1OC. The van der Waals surface area contributed by atoms with Crippen LogP contribution in [0.3, 0.4) is 0 Å². The molecule has 0 atom stereocenters. The van der Waals surface area contributed by atoms with Gasteiger partial charge in [-0.25, -0.2) is 4.98 Å². The first-order valence-electron chi connectivity index (χ1n) is 12.2. The van der Waals surface area contributed by atoms with Crippen LogP contribution in [0.15, 0.2) is 71.3 Å². The number of ether oxygens (including phenoxy) is 2. The molecule has 2 aromatic heterocycles. The molecule has 5 rings (SSSR count). The van der Waals surface area contributed by atoms with Crippen molar-refractivity contribution in [2.75, 3.05) is 34.4 Å². The van der Waals surface area contributed by atoms with Crippen LogP contribution in [0.1, 0.15) is 29.0 Å². The smallest absolute Gasteiger partial charge is 0.255 e. The van der Waals surface area contributed by atoms with Crippen molar-refractivity contribution in [3.63, 3.8) is 0 Å². The summed E-state index contributed by atoms with van der Waals surface area (Å²) in [5.41, 5.74) is 2.97. The number of likely N-dealkylation sites (tertiary alicyclic amines) is 1. The van der Waals surface area contributed by atoms with E-state index in [9.17, 15) is 4.79 Å². The first-order valence-corrected chi connectivity index (χ1v) is 12.2. The van der Waals surface area contributed by atoms with Crippen LogP contribution in [0.25, 0.3) is 22.2 Å². The van der Waals surface area contributed by atoms with Crippen molar-refractivity contribution in [3.05, 3.63) is 78.3 Å². The minimum Gasteiger partial charge on any atom is -0.493 e. The van der Waals surface area contributed by atoms with E-state index in [0.717, 1.165) is 48.2 Å². The number of piperidine rings is 1. The van der Waals surface area contributed by atoms with Crippen LogP contribution >= 0.6 is 0 Å². The van der Waals surface area contributed by atoms with Crippen molar-refractivity contribution < 1.29 is 18.7 Å². The Morgan fingerprint density at radius 1 is 1.03 bits per heavy atom. The van der Waals surface area contributed by atoms with Gasteiger partial charge in [0.25, 0.3) is 5.91 Å². The maximum absolute atomic E-state index is 14.3. The molecule has 0 bridgehead atoms. The second-order valence-corrected chi connectivity index (χ2v) is 9.19. The quantitative estimate of drug-likeness (QED) is 0.356. The molecule has 7 nitrogen and oxygen atoms in total. The molecule has 0 aliphatic carbocycles. The number of furan rings is 1. The van der Waals surface area contributed by atoms with E-state index in [-0.39, 0.29) is 11.9 Å². The van der Waals surface area contributed by atoms with Crippen molar-refractivity contribution in [1.82, 2.24) is 14.8 Å². The van der Waals surface area contributed by atoms with Crippen LogP contribution < -0.4 is 9.47 Å². The van der Waals surface area contributed by atoms with Gasteiger partial charge in [0.2, 0.25) is 0 Å². The fourth-order valence-electron chi connectivity index (χ4n) is 4.89. The zero-order chi connectivity index (χ0) is 25.1. The Balaban J connectivity index is 1.59. The monoisotopic (exact) mass is 485 g/mol. The Bertz CT molecular complexity index is 1340. The maximum atomic E-state index is 14.3. The lowest BCUT2D eigenvalue weighted by molar-refractivity contribution is 0.0552. The fourth-order valence-corrected chi connectivity index (χ4v) is 4.89. The summed E-state index contributed by atoms with van der Waals surface area (Å²) in [6.07, 6.45) is 3.51. The van der Waals surface area contributed by atoms with E-state index in [4.69, 9.17) is 18.9 Å². The summed E-state index contributed by atoms with van der Waals surface area (Å²) in [5, 5.41) is 0.837. The highest BCUT2D eigenvalue weighted by atomic mass is 16.5. The molecule has 7 heteroatoms. The number of nitrogens with zero attached hydrogens (tertiary/aromatic N) is 3. The van der Waals surface area contributed by atoms with Crippen LogP contribution in [-0.2, 0) is 6.54 Å². The minimum absolute atomic E-state index is 0.0127. The van der Waals surface area contributed by atoms with Gasteiger partial charge in [0.1, 0.15) is 5.76 Å². The molecule has 36 heavy (non-hydrogen) atoms. The van der Waals surface area contributed by atoms with Crippen molar-refractivity contribution in [3.8, 4) is 22.8 Å². The second-order valence-electron chi connectivity index (χ2n) is 9.19. The molecular weight excluding hydrogens is 454 g/mol. The zero-order valence-electron chi connectivity index (χ0n) is 20.9. The number of carbonyl (C=O) groups excluding carboxylic acids is 1. The largest absolute Gasteiger partial charge is 0.493 e. The molecule has 0 radical (unpaired) electrons. The molecule has 0 saturated carbocycles. The van der Waals surface area contributed by atoms with Gasteiger partial charge >= 0.3 is 0 Å². The number of amides is 1. The van der Waals surface area contributed by atoms with Gasteiger partial charge in [-0.3, -0.25) is 4.79 Å². The third-order valence-corrected chi connectivity index (χ3v) is 6.92. The molecule has 1 aliphatic heterocycles. The van der Waals surface area contributed by atoms with Gasteiger partial charge in [-0.1, -0.05) is 18.2 Å². The van der Waals surface area contributed by atoms with Crippen LogP contribution in [0, 0.1) is 0 Å². The number of para-hydroxylation sites is 1. The van der Waals surface area contributed by atoms with Crippen LogP contribution in [-0.4, -0.2) is 61.1 Å². The molecule has 0 N–H and O–H groups in total. The first-order chi connectivity index (χ1) is 17.6. The van der Waals surface area contributed by atoms with E-state index in [0.29, 0.717) is 29.3 Å². The zero-order valence-corrected chi connectivity index (χ0v) is 20.9. The van der Waals surface area contributed by atoms with E-state index in [1.165, 1.54) is 0 Å². The summed E-state index contributed by atoms with van der Waals surface area (Å²) in [7, 11) is 5.35. The molecule has 0 spiro atoms. The van der Waals surface area contributed by atoms with Gasteiger partial charge in [0, 0.05) is 17.0 Å². The summed E-state index contributed by atoms with van der Waals surface area (Å²) < 4.78 is 16.6. The van der Waals surface area contributed by atoms with Crippen molar-refractivity contribution in [2.45, 2.75) is 25.4 Å². The minimum atomic E-state index is -0.0127. The van der Waals surface area contributed by atoms with Gasteiger partial charge in [-0.05, 0) is 75.4 Å². The Labute approximate surface area is 211 Å². The average Bonchev–Trinajstić information content (AvgIpc) is 3.44. The molecule has 3 heterocycles. The number of carbonyl (C=O) groups is 1. The summed E-state index contributed by atoms with van der Waals surface area (Å²) >= 11 is 0. The van der Waals surface area contributed by atoms with Gasteiger partial charge in [0.15, 0.2) is 11.5 Å². The van der Waals surface area contributed by atoms with Gasteiger partial charge < -0.3 is 23.7 Å². The molecule has 186 valence electrons. The average molecular weight is 486 g/mol. The summed E-state index contributed by atoms with van der Waals surface area (Å²) in [4.78, 5) is 23.4. The van der Waals surface area contributed by atoms with Crippen LogP contribution in [0.4, 0.5) is 0 Å². The number of aromatic nitrogens is 1. The topological polar surface area (TPSA) is 68.0 Å². The Kier molecular flexibility index (Phi) is 6.91. The number of methoxy groups -OCH3 is 2. The maximum Gasteiger partial charge on any atom is 0.255 e. The molecule has 1 aliphatic rings. The highest BCUT2D eigenvalue weighted by molar-refractivity contribution is 6.07. The first kappa shape index (κ1) is 23.9. The Morgan fingerprint density at radius 2 is 1.81 bits per heavy atom. The van der Waals surface area contributed by atoms with Crippen molar-refractivity contribution >= 4 is 16.8 Å². The number of pyridine rings is 1. The van der Waals surface area contributed by atoms with E-state index < -0.39 is 0 Å². The normalized spacial score (nSPS) is 14.6. The lowest BCUT2D eigenvalue weighted by Crippen LogP contribution is -2.46. The number of benzene rings is 2. The fraction of sp³-hybridized carbons (Fsp3) is 0.310. The third-order valence-electron chi connectivity index (χ3n) is 6.92. The molecule has 1 saturated heterocycles. The van der Waals surface area contributed by atoms with E-state index in [1.807, 2.05) is 65.6 Å².